The highest BCUT2D eigenvalue weighted by Gasteiger charge is 2.28. The maximum atomic E-state index is 3.61. The molecule has 152 valence electrons. The normalized spacial score (nSPS) is 10.9. The van der Waals surface area contributed by atoms with Crippen molar-refractivity contribution in [2.75, 3.05) is 18.3 Å². The van der Waals surface area contributed by atoms with Gasteiger partial charge in [0.2, 0.25) is 0 Å². The van der Waals surface area contributed by atoms with Gasteiger partial charge < -0.3 is 0 Å². The molecule has 0 aliphatic heterocycles. The zero-order chi connectivity index (χ0) is 21.0. The Hall–Kier alpha value is -2.19. The standard InChI is InChI=1S/C22H24B.C5H11S/c1-2-3-19-23(20-13-7-4-8-14-20,21-15-9-5-10-16-21)22-17-11-6-12-18-22;1-4-5-6(2)3/h4-18H,2-3,19H2,1H3;4H,1,5H2,2-3H3/q-1;+1. The van der Waals surface area contributed by atoms with E-state index >= 15 is 0 Å². The van der Waals surface area contributed by atoms with Gasteiger partial charge in [0.05, 0.1) is 18.7 Å². The highest BCUT2D eigenvalue weighted by atomic mass is 32.2. The third kappa shape index (κ3) is 6.40. The van der Waals surface area contributed by atoms with E-state index in [9.17, 15) is 0 Å². The summed E-state index contributed by atoms with van der Waals surface area (Å²) in [6, 6.07) is 33.2. The third-order valence-electron chi connectivity index (χ3n) is 5.55. The lowest BCUT2D eigenvalue weighted by atomic mass is 9.14. The van der Waals surface area contributed by atoms with E-state index in [0.29, 0.717) is 10.9 Å². The summed E-state index contributed by atoms with van der Waals surface area (Å²) in [7, 11) is 0.566. The van der Waals surface area contributed by atoms with Crippen molar-refractivity contribution in [3.8, 4) is 0 Å². The van der Waals surface area contributed by atoms with Crippen molar-refractivity contribution in [2.45, 2.75) is 26.1 Å². The Balaban J connectivity index is 0.000000438. The van der Waals surface area contributed by atoms with Crippen LogP contribution in [0.3, 0.4) is 0 Å². The lowest BCUT2D eigenvalue weighted by Gasteiger charge is -2.43. The molecule has 0 bridgehead atoms. The Morgan fingerprint density at radius 2 is 1.10 bits per heavy atom. The molecule has 0 aromatic heterocycles. The Kier molecular flexibility index (Phi) is 9.87. The van der Waals surface area contributed by atoms with Crippen molar-refractivity contribution in [2.24, 2.45) is 0 Å². The Morgan fingerprint density at radius 3 is 1.34 bits per heavy atom. The molecule has 0 fully saturated rings. The van der Waals surface area contributed by atoms with Crippen LogP contribution in [0.2, 0.25) is 6.32 Å². The van der Waals surface area contributed by atoms with E-state index in [4.69, 9.17) is 0 Å². The zero-order valence-electron chi connectivity index (χ0n) is 18.3. The number of unbranched alkanes of at least 4 members (excludes halogenated alkanes) is 1. The van der Waals surface area contributed by atoms with Crippen LogP contribution in [0.15, 0.2) is 104 Å². The van der Waals surface area contributed by atoms with Gasteiger partial charge in [0.1, 0.15) is 5.75 Å². The van der Waals surface area contributed by atoms with Gasteiger partial charge in [0, 0.05) is 0 Å². The number of rotatable bonds is 8. The van der Waals surface area contributed by atoms with Gasteiger partial charge in [0.25, 0.3) is 0 Å². The summed E-state index contributed by atoms with van der Waals surface area (Å²) >= 11 is 0. The molecule has 0 aliphatic carbocycles. The molecule has 2 heteroatoms. The van der Waals surface area contributed by atoms with Crippen molar-refractivity contribution in [3.63, 3.8) is 0 Å². The smallest absolute Gasteiger partial charge is 0.125 e. The molecular formula is C27H35BS. The molecule has 0 nitrogen and oxygen atoms in total. The molecule has 0 saturated heterocycles. The van der Waals surface area contributed by atoms with Gasteiger partial charge >= 0.3 is 0 Å². The predicted molar refractivity (Wildman–Crippen MR) is 138 cm³/mol. The summed E-state index contributed by atoms with van der Waals surface area (Å²) in [5, 5.41) is 0. The van der Waals surface area contributed by atoms with Gasteiger partial charge in [-0.05, 0) is 17.0 Å². The minimum Gasteiger partial charge on any atom is -0.200 e. The molecule has 0 amide bonds. The Morgan fingerprint density at radius 1 is 0.724 bits per heavy atom. The van der Waals surface area contributed by atoms with Crippen LogP contribution in [0, 0.1) is 0 Å². The average Bonchev–Trinajstić information content (AvgIpc) is 2.77. The topological polar surface area (TPSA) is 0 Å². The molecule has 3 aromatic rings. The molecule has 0 atom stereocenters. The number of hydrogen-bond acceptors (Lipinski definition) is 0. The highest BCUT2D eigenvalue weighted by molar-refractivity contribution is 7.95. The first kappa shape index (κ1) is 23.1. The lowest BCUT2D eigenvalue weighted by Crippen LogP contribution is -2.66. The highest BCUT2D eigenvalue weighted by Crippen LogP contribution is 2.16. The number of hydrogen-bond donors (Lipinski definition) is 0. The van der Waals surface area contributed by atoms with Gasteiger partial charge in [-0.1, -0.05) is 117 Å². The molecule has 29 heavy (non-hydrogen) atoms. The first-order chi connectivity index (χ1) is 14.1. The second-order valence-corrected chi connectivity index (χ2v) is 10.2. The lowest BCUT2D eigenvalue weighted by molar-refractivity contribution is 0.874. The Bertz CT molecular complexity index is 716. The molecule has 3 rings (SSSR count). The quantitative estimate of drug-likeness (QED) is 0.282. The van der Waals surface area contributed by atoms with Crippen molar-refractivity contribution in [3.05, 3.63) is 104 Å². The summed E-state index contributed by atoms with van der Waals surface area (Å²) in [6.45, 7) is 5.89. The van der Waals surface area contributed by atoms with E-state index < -0.39 is 6.15 Å². The van der Waals surface area contributed by atoms with Crippen LogP contribution in [-0.2, 0) is 10.9 Å². The van der Waals surface area contributed by atoms with Gasteiger partial charge in [-0.2, -0.15) is 22.7 Å². The van der Waals surface area contributed by atoms with E-state index in [0.717, 1.165) is 0 Å². The molecule has 0 heterocycles. The maximum Gasteiger partial charge on any atom is 0.125 e. The van der Waals surface area contributed by atoms with Gasteiger partial charge in [-0.3, -0.25) is 0 Å². The maximum absolute atomic E-state index is 3.61. The van der Waals surface area contributed by atoms with Crippen LogP contribution in [0.25, 0.3) is 0 Å². The van der Waals surface area contributed by atoms with Crippen LogP contribution in [-0.4, -0.2) is 24.4 Å². The van der Waals surface area contributed by atoms with Gasteiger partial charge in [-0.15, -0.1) is 0 Å². The minimum atomic E-state index is -0.913. The molecular weight excluding hydrogens is 367 g/mol. The summed E-state index contributed by atoms with van der Waals surface area (Å²) in [4.78, 5) is 0. The van der Waals surface area contributed by atoms with Gasteiger partial charge in [-0.25, -0.2) is 0 Å². The van der Waals surface area contributed by atoms with E-state index in [1.54, 1.807) is 0 Å². The third-order valence-corrected chi connectivity index (χ3v) is 6.45. The van der Waals surface area contributed by atoms with Gasteiger partial charge in [0.15, 0.2) is 0 Å². The van der Waals surface area contributed by atoms with E-state index in [-0.39, 0.29) is 0 Å². The molecule has 0 saturated carbocycles. The summed E-state index contributed by atoms with van der Waals surface area (Å²) < 4.78 is 0. The van der Waals surface area contributed by atoms with Crippen molar-refractivity contribution in [1.29, 1.82) is 0 Å². The first-order valence-corrected chi connectivity index (χ1v) is 12.8. The van der Waals surface area contributed by atoms with Crippen LogP contribution in [0.5, 0.6) is 0 Å². The summed E-state index contributed by atoms with van der Waals surface area (Å²) in [5.41, 5.74) is 4.33. The van der Waals surface area contributed by atoms with Crippen molar-refractivity contribution >= 4 is 33.4 Å². The molecule has 0 unspecified atom stereocenters. The van der Waals surface area contributed by atoms with Crippen LogP contribution in [0.1, 0.15) is 19.8 Å². The van der Waals surface area contributed by atoms with E-state index in [1.807, 2.05) is 6.08 Å². The number of benzene rings is 3. The fraction of sp³-hybridized carbons (Fsp3) is 0.259. The monoisotopic (exact) mass is 402 g/mol. The van der Waals surface area contributed by atoms with E-state index in [2.05, 4.69) is 117 Å². The molecule has 3 aromatic carbocycles. The van der Waals surface area contributed by atoms with Crippen LogP contribution < -0.4 is 16.4 Å². The largest absolute Gasteiger partial charge is 0.200 e. The molecule has 0 spiro atoms. The zero-order valence-corrected chi connectivity index (χ0v) is 19.1. The summed E-state index contributed by atoms with van der Waals surface area (Å²) in [6.07, 6.45) is 9.11. The molecule has 0 N–H and O–H groups in total. The SMILES string of the molecule is C=CC[S+](C)C.CCCC[B-](c1ccccc1)(c1ccccc1)c1ccccc1. The second kappa shape index (κ2) is 12.4. The Labute approximate surface area is 181 Å². The fourth-order valence-electron chi connectivity index (χ4n) is 4.17. The van der Waals surface area contributed by atoms with Crippen LogP contribution >= 0.6 is 0 Å². The van der Waals surface area contributed by atoms with Crippen molar-refractivity contribution < 1.29 is 0 Å². The summed E-state index contributed by atoms with van der Waals surface area (Å²) in [5.74, 6) is 1.17. The first-order valence-electron chi connectivity index (χ1n) is 10.6. The molecule has 0 aliphatic rings. The molecule has 0 radical (unpaired) electrons. The second-order valence-electron chi connectivity index (χ2n) is 7.86. The minimum absolute atomic E-state index is 0.566. The van der Waals surface area contributed by atoms with Crippen LogP contribution in [0.4, 0.5) is 0 Å². The fourth-order valence-corrected chi connectivity index (χ4v) is 4.64. The van der Waals surface area contributed by atoms with E-state index in [1.165, 1.54) is 41.3 Å². The average molecular weight is 402 g/mol. The predicted octanol–water partition coefficient (Wildman–Crippen LogP) is 5.01. The van der Waals surface area contributed by atoms with Crippen molar-refractivity contribution in [1.82, 2.24) is 0 Å².